The summed E-state index contributed by atoms with van der Waals surface area (Å²) in [6, 6.07) is 7.57. The molecule has 152 valence electrons. The molecule has 1 aromatic rings. The Morgan fingerprint density at radius 3 is 2.43 bits per heavy atom. The first-order valence-electron chi connectivity index (χ1n) is 9.81. The Kier molecular flexibility index (Phi) is 5.63. The number of nitrogens with zero attached hydrogens (tertiary/aromatic N) is 2. The summed E-state index contributed by atoms with van der Waals surface area (Å²) < 4.78 is 5.31. The minimum Gasteiger partial charge on any atom is -0.436 e. The topological polar surface area (TPSA) is 92.9 Å². The molecule has 0 aliphatic carbocycles. The molecule has 2 heterocycles. The number of anilines is 1. The number of carbonyl (C=O) groups is 3. The van der Waals surface area contributed by atoms with Gasteiger partial charge in [0.05, 0.1) is 0 Å². The van der Waals surface area contributed by atoms with E-state index in [0.29, 0.717) is 25.2 Å². The zero-order valence-electron chi connectivity index (χ0n) is 16.8. The molecule has 0 radical (unpaired) electrons. The van der Waals surface area contributed by atoms with E-state index in [1.54, 1.807) is 4.90 Å². The minimum absolute atomic E-state index is 0.0642. The van der Waals surface area contributed by atoms with Gasteiger partial charge >= 0.3 is 6.09 Å². The van der Waals surface area contributed by atoms with Gasteiger partial charge in [-0.1, -0.05) is 39.0 Å². The lowest BCUT2D eigenvalue weighted by Crippen LogP contribution is -2.50. The monoisotopic (exact) mass is 387 g/mol. The first-order valence-corrected chi connectivity index (χ1v) is 9.81. The van der Waals surface area contributed by atoms with Gasteiger partial charge in [0.1, 0.15) is 6.54 Å². The number of para-hydroxylation sites is 1. The number of likely N-dealkylation sites (tertiary alicyclic amines) is 1. The molecule has 1 fully saturated rings. The second-order valence-corrected chi connectivity index (χ2v) is 8.68. The number of hydrogen-bond donors (Lipinski definition) is 1. The summed E-state index contributed by atoms with van der Waals surface area (Å²) in [5, 5.41) is 0. The molecule has 0 aromatic heterocycles. The van der Waals surface area contributed by atoms with Crippen molar-refractivity contribution in [3.8, 4) is 0 Å². The van der Waals surface area contributed by atoms with E-state index < -0.39 is 18.1 Å². The van der Waals surface area contributed by atoms with E-state index in [1.165, 1.54) is 4.90 Å². The van der Waals surface area contributed by atoms with Gasteiger partial charge in [-0.25, -0.2) is 4.79 Å². The van der Waals surface area contributed by atoms with Gasteiger partial charge in [-0.15, -0.1) is 0 Å². The van der Waals surface area contributed by atoms with Gasteiger partial charge in [0.2, 0.25) is 5.91 Å². The fourth-order valence-electron chi connectivity index (χ4n) is 4.12. The Morgan fingerprint density at radius 2 is 1.82 bits per heavy atom. The average molecular weight is 387 g/mol. The summed E-state index contributed by atoms with van der Waals surface area (Å²) in [4.78, 5) is 41.1. The van der Waals surface area contributed by atoms with Gasteiger partial charge in [0.25, 0.3) is 5.91 Å². The molecule has 28 heavy (non-hydrogen) atoms. The number of primary amides is 1. The van der Waals surface area contributed by atoms with Gasteiger partial charge in [-0.05, 0) is 36.3 Å². The van der Waals surface area contributed by atoms with Crippen molar-refractivity contribution in [3.05, 3.63) is 29.8 Å². The van der Waals surface area contributed by atoms with Gasteiger partial charge in [0, 0.05) is 24.7 Å². The van der Waals surface area contributed by atoms with E-state index in [4.69, 9.17) is 10.5 Å². The van der Waals surface area contributed by atoms with Crippen LogP contribution in [0.3, 0.4) is 0 Å². The number of carbonyl (C=O) groups excluding carboxylic acids is 3. The number of fused-ring (bicyclic) bond motifs is 1. The summed E-state index contributed by atoms with van der Waals surface area (Å²) in [5.74, 6) is -0.746. The largest absolute Gasteiger partial charge is 0.436 e. The molecule has 2 unspecified atom stereocenters. The molecule has 7 heteroatoms. The summed E-state index contributed by atoms with van der Waals surface area (Å²) in [5.41, 5.74) is 6.64. The van der Waals surface area contributed by atoms with Crippen molar-refractivity contribution in [2.24, 2.45) is 17.1 Å². The van der Waals surface area contributed by atoms with E-state index >= 15 is 0 Å². The van der Waals surface area contributed by atoms with E-state index in [2.05, 4.69) is 0 Å². The fraction of sp³-hybridized carbons (Fsp3) is 0.571. The van der Waals surface area contributed by atoms with Crippen LogP contribution < -0.4 is 10.6 Å². The van der Waals surface area contributed by atoms with E-state index in [-0.39, 0.29) is 23.8 Å². The highest BCUT2D eigenvalue weighted by Crippen LogP contribution is 2.39. The molecular formula is C21H29N3O4. The first kappa shape index (κ1) is 20.2. The standard InChI is InChI=1S/C21H29N3O4/c1-21(2,3)15-12-14-8-4-5-9-16(14)24(19(26)18(15)28-20(22)27)13-17(25)23-10-6-7-11-23/h4-5,8-9,15,18H,6-7,10-13H2,1-3H3,(H2,22,27). The molecule has 2 atom stereocenters. The first-order chi connectivity index (χ1) is 13.2. The van der Waals surface area contributed by atoms with Gasteiger partial charge < -0.3 is 15.4 Å². The van der Waals surface area contributed by atoms with Crippen molar-refractivity contribution < 1.29 is 19.1 Å². The van der Waals surface area contributed by atoms with Crippen LogP contribution in [-0.4, -0.2) is 48.5 Å². The predicted molar refractivity (Wildman–Crippen MR) is 106 cm³/mol. The number of ether oxygens (including phenoxy) is 1. The van der Waals surface area contributed by atoms with Crippen molar-refractivity contribution in [1.82, 2.24) is 4.90 Å². The third-order valence-corrected chi connectivity index (χ3v) is 5.70. The molecule has 2 aliphatic rings. The molecule has 7 nitrogen and oxygen atoms in total. The van der Waals surface area contributed by atoms with Crippen LogP contribution in [0.15, 0.2) is 24.3 Å². The molecule has 0 spiro atoms. The van der Waals surface area contributed by atoms with E-state index in [1.807, 2.05) is 45.0 Å². The molecule has 3 amide bonds. The van der Waals surface area contributed by atoms with Gasteiger partial charge in [-0.3, -0.25) is 14.5 Å². The molecule has 1 aromatic carbocycles. The highest BCUT2D eigenvalue weighted by molar-refractivity contribution is 6.03. The maximum Gasteiger partial charge on any atom is 0.405 e. The second-order valence-electron chi connectivity index (χ2n) is 8.68. The molecule has 0 saturated carbocycles. The third-order valence-electron chi connectivity index (χ3n) is 5.70. The lowest BCUT2D eigenvalue weighted by atomic mass is 9.74. The van der Waals surface area contributed by atoms with Crippen LogP contribution in [0.2, 0.25) is 0 Å². The van der Waals surface area contributed by atoms with E-state index in [9.17, 15) is 14.4 Å². The van der Waals surface area contributed by atoms with Crippen LogP contribution in [0.4, 0.5) is 10.5 Å². The average Bonchev–Trinajstić information content (AvgIpc) is 3.12. The van der Waals surface area contributed by atoms with Crippen LogP contribution in [0.1, 0.15) is 39.2 Å². The lowest BCUT2D eigenvalue weighted by molar-refractivity contribution is -0.135. The summed E-state index contributed by atoms with van der Waals surface area (Å²) in [7, 11) is 0. The van der Waals surface area contributed by atoms with Crippen LogP contribution in [0.25, 0.3) is 0 Å². The molecular weight excluding hydrogens is 358 g/mol. The minimum atomic E-state index is -1.03. The van der Waals surface area contributed by atoms with Crippen molar-refractivity contribution in [3.63, 3.8) is 0 Å². The number of hydrogen-bond acceptors (Lipinski definition) is 4. The quantitative estimate of drug-likeness (QED) is 0.861. The normalized spacial score (nSPS) is 22.6. The smallest absolute Gasteiger partial charge is 0.405 e. The maximum atomic E-state index is 13.5. The van der Waals surface area contributed by atoms with Crippen molar-refractivity contribution in [2.45, 2.75) is 46.1 Å². The predicted octanol–water partition coefficient (Wildman–Crippen LogP) is 2.32. The molecule has 3 rings (SSSR count). The highest BCUT2D eigenvalue weighted by atomic mass is 16.6. The number of benzene rings is 1. The van der Waals surface area contributed by atoms with Crippen LogP contribution in [0.5, 0.6) is 0 Å². The van der Waals surface area contributed by atoms with Gasteiger partial charge in [-0.2, -0.15) is 0 Å². The van der Waals surface area contributed by atoms with Gasteiger partial charge in [0.15, 0.2) is 6.10 Å². The summed E-state index contributed by atoms with van der Waals surface area (Å²) in [6.45, 7) is 7.40. The van der Waals surface area contributed by atoms with Crippen molar-refractivity contribution in [2.75, 3.05) is 24.5 Å². The molecule has 2 aliphatic heterocycles. The van der Waals surface area contributed by atoms with Crippen molar-refractivity contribution >= 4 is 23.6 Å². The van der Waals surface area contributed by atoms with Crippen LogP contribution >= 0.6 is 0 Å². The fourth-order valence-corrected chi connectivity index (χ4v) is 4.12. The van der Waals surface area contributed by atoms with Crippen LogP contribution in [-0.2, 0) is 20.7 Å². The third kappa shape index (κ3) is 4.13. The zero-order chi connectivity index (χ0) is 20.5. The Balaban J connectivity index is 2.00. The summed E-state index contributed by atoms with van der Waals surface area (Å²) >= 11 is 0. The zero-order valence-corrected chi connectivity index (χ0v) is 16.8. The highest BCUT2D eigenvalue weighted by Gasteiger charge is 2.45. The SMILES string of the molecule is CC(C)(C)C1Cc2ccccc2N(CC(=O)N2CCCC2)C(=O)C1OC(N)=O. The summed E-state index contributed by atoms with van der Waals surface area (Å²) in [6.07, 6.45) is 0.504. The Hall–Kier alpha value is -2.57. The maximum absolute atomic E-state index is 13.5. The Labute approximate surface area is 165 Å². The number of amides is 3. The lowest BCUT2D eigenvalue weighted by Gasteiger charge is -2.35. The number of rotatable bonds is 3. The number of nitrogens with two attached hydrogens (primary N) is 1. The second kappa shape index (κ2) is 7.81. The molecule has 0 bridgehead atoms. The molecule has 1 saturated heterocycles. The van der Waals surface area contributed by atoms with E-state index in [0.717, 1.165) is 18.4 Å². The van der Waals surface area contributed by atoms with Crippen LogP contribution in [0, 0.1) is 11.3 Å². The Bertz CT molecular complexity index is 765. The Morgan fingerprint density at radius 1 is 1.18 bits per heavy atom. The van der Waals surface area contributed by atoms with Crippen molar-refractivity contribution in [1.29, 1.82) is 0 Å². The molecule has 2 N–H and O–H groups in total.